The molecule has 0 unspecified atom stereocenters. The monoisotopic (exact) mass is 402 g/mol. The van der Waals surface area contributed by atoms with Crippen molar-refractivity contribution < 1.29 is 9.18 Å². The SMILES string of the molecule is O=C(c1ccc(Br)cc1F)N1CCN(C/C=C/c2ccccc2)CC1. The Labute approximate surface area is 155 Å². The number of amides is 1. The quantitative estimate of drug-likeness (QED) is 0.769. The molecule has 1 aliphatic heterocycles. The van der Waals surface area contributed by atoms with Crippen LogP contribution in [0, 0.1) is 5.82 Å². The fourth-order valence-electron chi connectivity index (χ4n) is 2.87. The van der Waals surface area contributed by atoms with Gasteiger partial charge in [-0.3, -0.25) is 9.69 Å². The van der Waals surface area contributed by atoms with Crippen LogP contribution < -0.4 is 0 Å². The Morgan fingerprint density at radius 3 is 2.48 bits per heavy atom. The van der Waals surface area contributed by atoms with Crippen LogP contribution in [-0.2, 0) is 0 Å². The van der Waals surface area contributed by atoms with Gasteiger partial charge < -0.3 is 4.90 Å². The smallest absolute Gasteiger partial charge is 0.256 e. The summed E-state index contributed by atoms with van der Waals surface area (Å²) in [6.45, 7) is 3.68. The Balaban J connectivity index is 1.51. The summed E-state index contributed by atoms with van der Waals surface area (Å²) in [7, 11) is 0. The fourth-order valence-corrected chi connectivity index (χ4v) is 3.20. The van der Waals surface area contributed by atoms with Crippen molar-refractivity contribution >= 4 is 27.9 Å². The Hall–Kier alpha value is -1.98. The molecule has 5 heteroatoms. The van der Waals surface area contributed by atoms with Gasteiger partial charge in [0.2, 0.25) is 0 Å². The van der Waals surface area contributed by atoms with Crippen LogP contribution in [0.5, 0.6) is 0 Å². The van der Waals surface area contributed by atoms with E-state index < -0.39 is 5.82 Å². The molecule has 3 rings (SSSR count). The number of carbonyl (C=O) groups excluding carboxylic acids is 1. The van der Waals surface area contributed by atoms with Gasteiger partial charge in [-0.1, -0.05) is 58.4 Å². The van der Waals surface area contributed by atoms with Crippen molar-refractivity contribution in [3.8, 4) is 0 Å². The van der Waals surface area contributed by atoms with Crippen molar-refractivity contribution in [1.82, 2.24) is 9.80 Å². The molecular formula is C20H20BrFN2O. The maximum Gasteiger partial charge on any atom is 0.256 e. The minimum absolute atomic E-state index is 0.139. The van der Waals surface area contributed by atoms with Crippen LogP contribution in [0.2, 0.25) is 0 Å². The van der Waals surface area contributed by atoms with Crippen LogP contribution in [0.4, 0.5) is 4.39 Å². The lowest BCUT2D eigenvalue weighted by Crippen LogP contribution is -2.48. The summed E-state index contributed by atoms with van der Waals surface area (Å²) in [6.07, 6.45) is 4.25. The number of nitrogens with zero attached hydrogens (tertiary/aromatic N) is 2. The average Bonchev–Trinajstić information content (AvgIpc) is 2.63. The maximum absolute atomic E-state index is 14.0. The van der Waals surface area contributed by atoms with Crippen LogP contribution in [0.25, 0.3) is 6.08 Å². The molecule has 1 amide bonds. The molecule has 0 spiro atoms. The highest BCUT2D eigenvalue weighted by Crippen LogP contribution is 2.17. The first-order chi connectivity index (χ1) is 12.1. The van der Waals surface area contributed by atoms with Crippen molar-refractivity contribution in [3.63, 3.8) is 0 Å². The maximum atomic E-state index is 14.0. The van der Waals surface area contributed by atoms with Gasteiger partial charge in [0, 0.05) is 37.2 Å². The van der Waals surface area contributed by atoms with Crippen LogP contribution in [0.3, 0.4) is 0 Å². The lowest BCUT2D eigenvalue weighted by Gasteiger charge is -2.34. The second-order valence-corrected chi connectivity index (χ2v) is 6.95. The molecule has 0 aliphatic carbocycles. The van der Waals surface area contributed by atoms with E-state index in [0.29, 0.717) is 17.6 Å². The summed E-state index contributed by atoms with van der Waals surface area (Å²) in [5.74, 6) is -0.711. The van der Waals surface area contributed by atoms with Gasteiger partial charge in [0.25, 0.3) is 5.91 Å². The normalized spacial score (nSPS) is 15.7. The molecule has 0 N–H and O–H groups in total. The minimum atomic E-state index is -0.479. The topological polar surface area (TPSA) is 23.6 Å². The zero-order valence-electron chi connectivity index (χ0n) is 13.9. The predicted molar refractivity (Wildman–Crippen MR) is 102 cm³/mol. The standard InChI is InChI=1S/C20H20BrFN2O/c21-17-8-9-18(19(22)15-17)20(25)24-13-11-23(12-14-24)10-4-7-16-5-2-1-3-6-16/h1-9,15H,10-14H2/b7-4+. The molecular weight excluding hydrogens is 383 g/mol. The van der Waals surface area contributed by atoms with Crippen molar-refractivity contribution in [2.45, 2.75) is 0 Å². The molecule has 2 aromatic rings. The number of benzene rings is 2. The van der Waals surface area contributed by atoms with Gasteiger partial charge in [-0.15, -0.1) is 0 Å². The molecule has 1 heterocycles. The third kappa shape index (κ3) is 4.77. The third-order valence-corrected chi connectivity index (χ3v) is 4.79. The van der Waals surface area contributed by atoms with E-state index in [1.54, 1.807) is 11.0 Å². The number of hydrogen-bond donors (Lipinski definition) is 0. The van der Waals surface area contributed by atoms with Gasteiger partial charge in [0.15, 0.2) is 0 Å². The summed E-state index contributed by atoms with van der Waals surface area (Å²) in [6, 6.07) is 14.7. The van der Waals surface area contributed by atoms with Crippen LogP contribution in [0.1, 0.15) is 15.9 Å². The predicted octanol–water partition coefficient (Wildman–Crippen LogP) is 4.06. The molecule has 0 aromatic heterocycles. The number of carbonyl (C=O) groups is 1. The van der Waals surface area contributed by atoms with Gasteiger partial charge in [-0.2, -0.15) is 0 Å². The first kappa shape index (κ1) is 17.8. The molecule has 1 saturated heterocycles. The van der Waals surface area contributed by atoms with Crippen molar-refractivity contribution in [3.05, 3.63) is 76.0 Å². The number of halogens is 2. The fraction of sp³-hybridized carbons (Fsp3) is 0.250. The molecule has 0 saturated carbocycles. The number of hydrogen-bond acceptors (Lipinski definition) is 2. The van der Waals surface area contributed by atoms with Gasteiger partial charge >= 0.3 is 0 Å². The van der Waals surface area contributed by atoms with Crippen LogP contribution in [-0.4, -0.2) is 48.4 Å². The molecule has 0 atom stereocenters. The van der Waals surface area contributed by atoms with Crippen molar-refractivity contribution in [1.29, 1.82) is 0 Å². The third-order valence-electron chi connectivity index (χ3n) is 4.29. The molecule has 2 aromatic carbocycles. The summed E-state index contributed by atoms with van der Waals surface area (Å²) in [5.41, 5.74) is 1.32. The average molecular weight is 403 g/mol. The molecule has 3 nitrogen and oxygen atoms in total. The van der Waals surface area contributed by atoms with Gasteiger partial charge in [-0.05, 0) is 23.8 Å². The highest BCUT2D eigenvalue weighted by molar-refractivity contribution is 9.10. The summed E-state index contributed by atoms with van der Waals surface area (Å²) < 4.78 is 14.6. The minimum Gasteiger partial charge on any atom is -0.336 e. The second kappa shape index (κ2) is 8.41. The molecule has 25 heavy (non-hydrogen) atoms. The van der Waals surface area contributed by atoms with Gasteiger partial charge in [-0.25, -0.2) is 4.39 Å². The molecule has 130 valence electrons. The highest BCUT2D eigenvalue weighted by atomic mass is 79.9. The Morgan fingerprint density at radius 1 is 1.08 bits per heavy atom. The molecule has 1 fully saturated rings. The summed E-state index contributed by atoms with van der Waals surface area (Å²) in [5, 5.41) is 0. The number of piperazine rings is 1. The van der Waals surface area contributed by atoms with Crippen LogP contribution >= 0.6 is 15.9 Å². The Morgan fingerprint density at radius 2 is 1.80 bits per heavy atom. The largest absolute Gasteiger partial charge is 0.336 e. The second-order valence-electron chi connectivity index (χ2n) is 6.03. The van der Waals surface area contributed by atoms with Crippen molar-refractivity contribution in [2.24, 2.45) is 0 Å². The Bertz CT molecular complexity index is 756. The zero-order valence-corrected chi connectivity index (χ0v) is 15.5. The summed E-state index contributed by atoms with van der Waals surface area (Å²) in [4.78, 5) is 16.5. The van der Waals surface area contributed by atoms with E-state index in [4.69, 9.17) is 0 Å². The van der Waals surface area contributed by atoms with E-state index in [0.717, 1.165) is 19.6 Å². The Kier molecular flexibility index (Phi) is 6.00. The van der Waals surface area contributed by atoms with Gasteiger partial charge in [0.1, 0.15) is 5.82 Å². The zero-order chi connectivity index (χ0) is 17.6. The van der Waals surface area contributed by atoms with E-state index in [2.05, 4.69) is 45.1 Å². The van der Waals surface area contributed by atoms with Crippen LogP contribution in [0.15, 0.2) is 59.1 Å². The lowest BCUT2D eigenvalue weighted by molar-refractivity contribution is 0.0645. The van der Waals surface area contributed by atoms with E-state index in [1.165, 1.54) is 17.7 Å². The van der Waals surface area contributed by atoms with Gasteiger partial charge in [0.05, 0.1) is 5.56 Å². The summed E-state index contributed by atoms with van der Waals surface area (Å²) >= 11 is 3.21. The van der Waals surface area contributed by atoms with E-state index >= 15 is 0 Å². The van der Waals surface area contributed by atoms with Crippen molar-refractivity contribution in [2.75, 3.05) is 32.7 Å². The van der Waals surface area contributed by atoms with E-state index in [-0.39, 0.29) is 11.5 Å². The van der Waals surface area contributed by atoms with E-state index in [1.807, 2.05) is 18.2 Å². The molecule has 0 radical (unpaired) electrons. The molecule has 0 bridgehead atoms. The van der Waals surface area contributed by atoms with E-state index in [9.17, 15) is 9.18 Å². The highest BCUT2D eigenvalue weighted by Gasteiger charge is 2.23. The first-order valence-electron chi connectivity index (χ1n) is 8.32. The number of rotatable bonds is 4. The first-order valence-corrected chi connectivity index (χ1v) is 9.11. The lowest BCUT2D eigenvalue weighted by atomic mass is 10.1. The molecule has 1 aliphatic rings.